The monoisotopic (exact) mass is 356 g/mol. The van der Waals surface area contributed by atoms with Crippen molar-refractivity contribution in [1.82, 2.24) is 4.90 Å². The number of ketones is 1. The third-order valence-electron chi connectivity index (χ3n) is 5.22. The van der Waals surface area contributed by atoms with Crippen molar-refractivity contribution in [3.63, 3.8) is 0 Å². The van der Waals surface area contributed by atoms with Crippen LogP contribution in [0.25, 0.3) is 0 Å². The van der Waals surface area contributed by atoms with E-state index in [1.165, 1.54) is 12.8 Å². The van der Waals surface area contributed by atoms with Gasteiger partial charge in [-0.2, -0.15) is 0 Å². The van der Waals surface area contributed by atoms with E-state index < -0.39 is 11.6 Å². The van der Waals surface area contributed by atoms with Gasteiger partial charge in [-0.1, -0.05) is 30.3 Å². The van der Waals surface area contributed by atoms with E-state index in [4.69, 9.17) is 0 Å². The zero-order valence-corrected chi connectivity index (χ0v) is 14.6. The maximum absolute atomic E-state index is 14.6. The first-order valence-corrected chi connectivity index (χ1v) is 9.18. The Bertz CT molecular complexity index is 774. The molecular formula is C21H22F2N2O. The number of benzene rings is 2. The van der Waals surface area contributed by atoms with Crippen LogP contribution in [0.3, 0.4) is 0 Å². The summed E-state index contributed by atoms with van der Waals surface area (Å²) in [7, 11) is 0. The molecule has 0 bridgehead atoms. The van der Waals surface area contributed by atoms with Crippen LogP contribution in [0.2, 0.25) is 0 Å². The van der Waals surface area contributed by atoms with Crippen LogP contribution in [0.4, 0.5) is 14.5 Å². The van der Waals surface area contributed by atoms with Crippen molar-refractivity contribution in [3.05, 3.63) is 65.2 Å². The van der Waals surface area contributed by atoms with Crippen molar-refractivity contribution in [2.45, 2.75) is 12.8 Å². The van der Waals surface area contributed by atoms with Crippen molar-refractivity contribution >= 4 is 11.5 Å². The molecular weight excluding hydrogens is 334 g/mol. The summed E-state index contributed by atoms with van der Waals surface area (Å²) in [5, 5.41) is 0. The number of rotatable bonds is 5. The normalized spacial score (nSPS) is 18.2. The average Bonchev–Trinajstić information content (AvgIpc) is 3.46. The van der Waals surface area contributed by atoms with Crippen LogP contribution in [-0.4, -0.2) is 43.4 Å². The van der Waals surface area contributed by atoms with E-state index in [-0.39, 0.29) is 17.0 Å². The van der Waals surface area contributed by atoms with Crippen molar-refractivity contribution in [1.29, 1.82) is 0 Å². The Hall–Kier alpha value is -2.27. The summed E-state index contributed by atoms with van der Waals surface area (Å²) in [6, 6.07) is 10.9. The van der Waals surface area contributed by atoms with Crippen LogP contribution in [0.15, 0.2) is 42.5 Å². The molecule has 0 unspecified atom stereocenters. The summed E-state index contributed by atoms with van der Waals surface area (Å²) in [4.78, 5) is 16.6. The minimum atomic E-state index is -0.667. The Morgan fingerprint density at radius 2 is 1.54 bits per heavy atom. The first kappa shape index (κ1) is 17.2. The predicted octanol–water partition coefficient (Wildman–Crippen LogP) is 3.73. The van der Waals surface area contributed by atoms with Crippen molar-refractivity contribution < 1.29 is 13.6 Å². The molecule has 2 fully saturated rings. The third kappa shape index (κ3) is 3.63. The van der Waals surface area contributed by atoms with Gasteiger partial charge >= 0.3 is 0 Å². The number of piperazine rings is 1. The predicted molar refractivity (Wildman–Crippen MR) is 97.6 cm³/mol. The second kappa shape index (κ2) is 7.16. The third-order valence-corrected chi connectivity index (χ3v) is 5.22. The number of nitrogens with zero attached hydrogens (tertiary/aromatic N) is 2. The van der Waals surface area contributed by atoms with Gasteiger partial charge in [0.2, 0.25) is 0 Å². The maximum atomic E-state index is 14.6. The molecule has 1 heterocycles. The molecule has 4 rings (SSSR count). The summed E-state index contributed by atoms with van der Waals surface area (Å²) in [5.41, 5.74) is 0.454. The van der Waals surface area contributed by atoms with Gasteiger partial charge in [-0.15, -0.1) is 0 Å². The van der Waals surface area contributed by atoms with Gasteiger partial charge in [-0.25, -0.2) is 8.78 Å². The summed E-state index contributed by atoms with van der Waals surface area (Å²) in [6.45, 7) is 3.95. The highest BCUT2D eigenvalue weighted by atomic mass is 19.1. The summed E-state index contributed by atoms with van der Waals surface area (Å²) in [6.07, 6.45) is 2.61. The molecule has 1 aliphatic carbocycles. The number of carbonyl (C=O) groups is 1. The molecule has 2 aliphatic rings. The van der Waals surface area contributed by atoms with Crippen LogP contribution in [-0.2, 0) is 0 Å². The van der Waals surface area contributed by atoms with E-state index >= 15 is 0 Å². The van der Waals surface area contributed by atoms with Gasteiger partial charge in [0.1, 0.15) is 17.3 Å². The number of anilines is 1. The van der Waals surface area contributed by atoms with Crippen molar-refractivity contribution in [2.75, 3.05) is 37.6 Å². The largest absolute Gasteiger partial charge is 0.364 e. The number of carbonyl (C=O) groups excluding carboxylic acids is 1. The van der Waals surface area contributed by atoms with E-state index in [9.17, 15) is 13.6 Å². The fourth-order valence-corrected chi connectivity index (χ4v) is 3.57. The van der Waals surface area contributed by atoms with Crippen molar-refractivity contribution in [2.24, 2.45) is 5.92 Å². The molecule has 2 aromatic rings. The molecule has 1 aliphatic heterocycles. The average molecular weight is 356 g/mol. The van der Waals surface area contributed by atoms with Gasteiger partial charge in [0.25, 0.3) is 0 Å². The van der Waals surface area contributed by atoms with Crippen LogP contribution in [0.5, 0.6) is 0 Å². The Morgan fingerprint density at radius 1 is 0.923 bits per heavy atom. The summed E-state index contributed by atoms with van der Waals surface area (Å²) in [5.74, 6) is -0.887. The quantitative estimate of drug-likeness (QED) is 0.763. The fraction of sp³-hybridized carbons (Fsp3) is 0.381. The SMILES string of the molecule is O=C(c1ccccc1)c1cc(F)c(N2CCN(CC3CC3)CC2)c(F)c1. The molecule has 2 aromatic carbocycles. The Balaban J connectivity index is 1.50. The maximum Gasteiger partial charge on any atom is 0.193 e. The fourth-order valence-electron chi connectivity index (χ4n) is 3.57. The molecule has 3 nitrogen and oxygen atoms in total. The van der Waals surface area contributed by atoms with Gasteiger partial charge in [-0.05, 0) is 30.9 Å². The van der Waals surface area contributed by atoms with Gasteiger partial charge in [-0.3, -0.25) is 9.69 Å². The highest BCUT2D eigenvalue weighted by Crippen LogP contribution is 2.31. The summed E-state index contributed by atoms with van der Waals surface area (Å²) >= 11 is 0. The number of hydrogen-bond acceptors (Lipinski definition) is 3. The lowest BCUT2D eigenvalue weighted by Crippen LogP contribution is -2.47. The van der Waals surface area contributed by atoms with Gasteiger partial charge in [0, 0.05) is 43.9 Å². The van der Waals surface area contributed by atoms with Crippen LogP contribution in [0, 0.1) is 17.6 Å². The molecule has 5 heteroatoms. The van der Waals surface area contributed by atoms with Crippen LogP contribution >= 0.6 is 0 Å². The van der Waals surface area contributed by atoms with E-state index in [2.05, 4.69) is 4.90 Å². The van der Waals surface area contributed by atoms with Gasteiger partial charge in [0.05, 0.1) is 0 Å². The minimum absolute atomic E-state index is 0.0133. The summed E-state index contributed by atoms with van der Waals surface area (Å²) < 4.78 is 29.3. The molecule has 0 radical (unpaired) electrons. The highest BCUT2D eigenvalue weighted by Gasteiger charge is 2.28. The Kier molecular flexibility index (Phi) is 4.72. The molecule has 0 N–H and O–H groups in total. The number of halogens is 2. The molecule has 26 heavy (non-hydrogen) atoms. The van der Waals surface area contributed by atoms with Crippen molar-refractivity contribution in [3.8, 4) is 0 Å². The van der Waals surface area contributed by atoms with E-state index in [1.54, 1.807) is 35.2 Å². The molecule has 1 saturated carbocycles. The van der Waals surface area contributed by atoms with Crippen LogP contribution in [0.1, 0.15) is 28.8 Å². The minimum Gasteiger partial charge on any atom is -0.364 e. The molecule has 0 spiro atoms. The first-order valence-electron chi connectivity index (χ1n) is 9.18. The molecule has 0 amide bonds. The molecule has 0 atom stereocenters. The molecule has 136 valence electrons. The first-order chi connectivity index (χ1) is 12.6. The smallest absolute Gasteiger partial charge is 0.193 e. The second-order valence-electron chi connectivity index (χ2n) is 7.21. The zero-order valence-electron chi connectivity index (χ0n) is 14.6. The standard InChI is InChI=1S/C21H22F2N2O/c22-18-12-17(21(26)16-4-2-1-3-5-16)13-19(23)20(18)25-10-8-24(9-11-25)14-15-6-7-15/h1-5,12-13,15H,6-11,14H2. The highest BCUT2D eigenvalue weighted by molar-refractivity contribution is 6.09. The van der Waals surface area contributed by atoms with Gasteiger partial charge < -0.3 is 4.90 Å². The second-order valence-corrected chi connectivity index (χ2v) is 7.21. The topological polar surface area (TPSA) is 23.6 Å². The molecule has 1 saturated heterocycles. The van der Waals surface area contributed by atoms with E-state index in [1.807, 2.05) is 0 Å². The Labute approximate surface area is 152 Å². The lowest BCUT2D eigenvalue weighted by Gasteiger charge is -2.36. The number of hydrogen-bond donors (Lipinski definition) is 0. The van der Waals surface area contributed by atoms with Gasteiger partial charge in [0.15, 0.2) is 5.78 Å². The van der Waals surface area contributed by atoms with E-state index in [0.717, 1.165) is 37.7 Å². The lowest BCUT2D eigenvalue weighted by molar-refractivity contribution is 0.103. The lowest BCUT2D eigenvalue weighted by atomic mass is 10.0. The van der Waals surface area contributed by atoms with E-state index in [0.29, 0.717) is 18.7 Å². The zero-order chi connectivity index (χ0) is 18.1. The molecule has 0 aromatic heterocycles. The Morgan fingerprint density at radius 3 is 2.12 bits per heavy atom. The van der Waals surface area contributed by atoms with Crippen LogP contribution < -0.4 is 4.90 Å².